The molecule has 0 aliphatic rings. The Labute approximate surface area is 62.6 Å². The SMILES string of the molecule is CO[SiH-](CCN)(OC)OC. The summed E-state index contributed by atoms with van der Waals surface area (Å²) >= 11 is 0. The molecule has 0 aromatic heterocycles. The quantitative estimate of drug-likeness (QED) is 0.562. The van der Waals surface area contributed by atoms with Crippen molar-refractivity contribution in [1.29, 1.82) is 0 Å². The van der Waals surface area contributed by atoms with Crippen LogP contribution in [0.25, 0.3) is 0 Å². The van der Waals surface area contributed by atoms with Crippen LogP contribution in [-0.2, 0) is 13.3 Å². The first-order valence-electron chi connectivity index (χ1n) is 3.25. The maximum atomic E-state index is 5.34. The summed E-state index contributed by atoms with van der Waals surface area (Å²) in [6.07, 6.45) is 0. The molecule has 0 amide bonds. The molecule has 0 aliphatic carbocycles. The number of hydrogen-bond acceptors (Lipinski definition) is 4. The zero-order chi connectivity index (χ0) is 8.04. The fourth-order valence-corrected chi connectivity index (χ4v) is 2.54. The van der Waals surface area contributed by atoms with Crippen LogP contribution in [-0.4, -0.2) is 36.7 Å². The van der Waals surface area contributed by atoms with Crippen LogP contribution in [0.1, 0.15) is 0 Å². The van der Waals surface area contributed by atoms with Gasteiger partial charge in [0.15, 0.2) is 0 Å². The molecule has 0 atom stereocenters. The van der Waals surface area contributed by atoms with Gasteiger partial charge in [0.05, 0.1) is 0 Å². The van der Waals surface area contributed by atoms with Gasteiger partial charge in [0.25, 0.3) is 0 Å². The van der Waals surface area contributed by atoms with Gasteiger partial charge in [-0.3, -0.25) is 0 Å². The van der Waals surface area contributed by atoms with Crippen molar-refractivity contribution in [2.24, 2.45) is 5.73 Å². The Kier molecular flexibility index (Phi) is 4.84. The van der Waals surface area contributed by atoms with Crippen LogP contribution in [0.4, 0.5) is 0 Å². The van der Waals surface area contributed by atoms with Crippen LogP contribution in [0.5, 0.6) is 0 Å². The van der Waals surface area contributed by atoms with Crippen LogP contribution in [0.2, 0.25) is 6.04 Å². The van der Waals surface area contributed by atoms with Crippen LogP contribution in [0.15, 0.2) is 0 Å². The minimum absolute atomic E-state index is 0.542. The zero-order valence-corrected chi connectivity index (χ0v) is 7.95. The third-order valence-corrected chi connectivity index (χ3v) is 4.79. The van der Waals surface area contributed by atoms with E-state index in [-0.39, 0.29) is 0 Å². The molecule has 0 saturated heterocycles. The van der Waals surface area contributed by atoms with Crippen molar-refractivity contribution < 1.29 is 13.3 Å². The van der Waals surface area contributed by atoms with Gasteiger partial charge in [0.2, 0.25) is 0 Å². The Hall–Kier alpha value is 0.0569. The van der Waals surface area contributed by atoms with Crippen LogP contribution in [0.3, 0.4) is 0 Å². The Morgan fingerprint density at radius 3 is 1.60 bits per heavy atom. The molecular weight excluding hydrogens is 150 g/mol. The number of rotatable bonds is 5. The third kappa shape index (κ3) is 2.35. The summed E-state index contributed by atoms with van der Waals surface area (Å²) in [6, 6.07) is 0.691. The Morgan fingerprint density at radius 1 is 1.10 bits per heavy atom. The molecule has 2 N–H and O–H groups in total. The first-order chi connectivity index (χ1) is 4.74. The van der Waals surface area contributed by atoms with Crippen LogP contribution < -0.4 is 5.73 Å². The summed E-state index contributed by atoms with van der Waals surface area (Å²) in [5, 5.41) is 0. The van der Waals surface area contributed by atoms with E-state index in [1.165, 1.54) is 0 Å². The minimum atomic E-state index is -2.62. The maximum absolute atomic E-state index is 5.34. The second kappa shape index (κ2) is 4.81. The summed E-state index contributed by atoms with van der Waals surface area (Å²) in [5.74, 6) is 0. The van der Waals surface area contributed by atoms with Gasteiger partial charge < -0.3 is 0 Å². The predicted octanol–water partition coefficient (Wildman–Crippen LogP) is -0.445. The van der Waals surface area contributed by atoms with E-state index < -0.39 is 8.80 Å². The summed E-state index contributed by atoms with van der Waals surface area (Å²) in [6.45, 7) is 0.542. The molecule has 0 rings (SSSR count). The molecule has 0 bridgehead atoms. The molecular formula is C5H16NO3Si-. The van der Waals surface area contributed by atoms with Gasteiger partial charge in [0.1, 0.15) is 0 Å². The van der Waals surface area contributed by atoms with Crippen LogP contribution in [0, 0.1) is 0 Å². The predicted molar refractivity (Wildman–Crippen MR) is 42.0 cm³/mol. The Bertz CT molecular complexity index is 78.7. The second-order valence-electron chi connectivity index (χ2n) is 2.07. The van der Waals surface area contributed by atoms with E-state index in [0.29, 0.717) is 12.6 Å². The van der Waals surface area contributed by atoms with E-state index in [0.717, 1.165) is 0 Å². The summed E-state index contributed by atoms with van der Waals surface area (Å²) < 4.78 is 15.4. The third-order valence-electron chi connectivity index (χ3n) is 1.60. The monoisotopic (exact) mass is 166 g/mol. The average Bonchev–Trinajstić information content (AvgIpc) is 2.01. The number of hydrogen-bond donors (Lipinski definition) is 1. The van der Waals surface area contributed by atoms with Gasteiger partial charge >= 0.3 is 61.7 Å². The Morgan fingerprint density at radius 2 is 1.50 bits per heavy atom. The van der Waals surface area contributed by atoms with Crippen molar-refractivity contribution in [1.82, 2.24) is 0 Å². The first-order valence-corrected chi connectivity index (χ1v) is 5.48. The molecule has 0 aliphatic heterocycles. The fraction of sp³-hybridized carbons (Fsp3) is 1.00. The van der Waals surface area contributed by atoms with Crippen molar-refractivity contribution >= 4 is 8.80 Å². The summed E-state index contributed by atoms with van der Waals surface area (Å²) in [5.41, 5.74) is 5.34. The van der Waals surface area contributed by atoms with E-state index in [1.807, 2.05) is 0 Å². The van der Waals surface area contributed by atoms with Crippen LogP contribution >= 0.6 is 0 Å². The molecule has 0 aromatic rings. The van der Waals surface area contributed by atoms with E-state index >= 15 is 0 Å². The molecule has 4 nitrogen and oxygen atoms in total. The molecule has 0 saturated carbocycles. The summed E-state index contributed by atoms with van der Waals surface area (Å²) in [4.78, 5) is 0. The number of nitrogens with two attached hydrogens (primary N) is 1. The molecule has 0 spiro atoms. The van der Waals surface area contributed by atoms with Gasteiger partial charge in [-0.25, -0.2) is 0 Å². The van der Waals surface area contributed by atoms with Crippen molar-refractivity contribution in [3.8, 4) is 0 Å². The zero-order valence-electron chi connectivity index (χ0n) is 6.79. The molecule has 0 aromatic carbocycles. The van der Waals surface area contributed by atoms with Gasteiger partial charge in [-0.1, -0.05) is 0 Å². The van der Waals surface area contributed by atoms with E-state index in [2.05, 4.69) is 0 Å². The van der Waals surface area contributed by atoms with Gasteiger partial charge in [-0.15, -0.1) is 0 Å². The van der Waals surface area contributed by atoms with Gasteiger partial charge in [0, 0.05) is 0 Å². The van der Waals surface area contributed by atoms with Crippen molar-refractivity contribution in [2.45, 2.75) is 6.04 Å². The Balaban J connectivity index is 3.87. The van der Waals surface area contributed by atoms with E-state index in [9.17, 15) is 0 Å². The fourth-order valence-electron chi connectivity index (χ4n) is 0.846. The van der Waals surface area contributed by atoms with Crippen molar-refractivity contribution in [3.63, 3.8) is 0 Å². The normalized spacial score (nSPS) is 13.6. The molecule has 64 valence electrons. The average molecular weight is 166 g/mol. The van der Waals surface area contributed by atoms with E-state index in [1.54, 1.807) is 21.3 Å². The topological polar surface area (TPSA) is 53.7 Å². The van der Waals surface area contributed by atoms with Gasteiger partial charge in [-0.05, 0) is 0 Å². The van der Waals surface area contributed by atoms with Crippen molar-refractivity contribution in [2.75, 3.05) is 27.9 Å². The molecule has 10 heavy (non-hydrogen) atoms. The van der Waals surface area contributed by atoms with E-state index in [4.69, 9.17) is 19.0 Å². The van der Waals surface area contributed by atoms with Gasteiger partial charge in [-0.2, -0.15) is 0 Å². The second-order valence-corrected chi connectivity index (χ2v) is 5.64. The van der Waals surface area contributed by atoms with Crippen molar-refractivity contribution in [3.05, 3.63) is 0 Å². The molecule has 0 heterocycles. The molecule has 5 heteroatoms. The molecule has 0 unspecified atom stereocenters. The first kappa shape index (κ1) is 10.1. The molecule has 0 fully saturated rings. The summed E-state index contributed by atoms with van der Waals surface area (Å²) in [7, 11) is 2.15. The molecule has 0 radical (unpaired) electrons. The standard InChI is InChI=1S/C5H16NO3Si/c1-7-10(8-2,9-3)5-4-6/h10H,4-6H2,1-3H3/q-1.